The Hall–Kier alpha value is -3.03. The highest BCUT2D eigenvalue weighted by Crippen LogP contribution is 2.39. The first kappa shape index (κ1) is 20.3. The molecule has 4 rings (SSSR count). The van der Waals surface area contributed by atoms with Gasteiger partial charge in [0.15, 0.2) is 5.82 Å². The summed E-state index contributed by atoms with van der Waals surface area (Å²) in [6.07, 6.45) is 4.21. The van der Waals surface area contributed by atoms with Crippen molar-refractivity contribution >= 4 is 25.0 Å². The Morgan fingerprint density at radius 1 is 1.15 bits per heavy atom. The number of hydrogen-bond donors (Lipinski definition) is 3. The van der Waals surface area contributed by atoms with Crippen LogP contribution in [0.15, 0.2) is 28.8 Å². The minimum absolute atomic E-state index is 0.0151. The van der Waals surface area contributed by atoms with Crippen LogP contribution in [0.4, 0.5) is 5.69 Å². The van der Waals surface area contributed by atoms with Crippen LogP contribution in [-0.2, 0) is 0 Å². The molecule has 8 nitrogen and oxygen atoms in total. The first-order valence-electron chi connectivity index (χ1n) is 8.90. The maximum atomic E-state index is 12.7. The number of piperidine rings is 1. The van der Waals surface area contributed by atoms with Crippen LogP contribution >= 0.6 is 0 Å². The number of hydrogen-bond acceptors (Lipinski definition) is 7. The third-order valence-corrected chi connectivity index (χ3v) is 4.65. The molecule has 1 saturated carbocycles. The van der Waals surface area contributed by atoms with E-state index >= 15 is 0 Å². The summed E-state index contributed by atoms with van der Waals surface area (Å²) in [5.74, 6) is 2.09. The molecular weight excluding hydrogens is 344 g/mol. The van der Waals surface area contributed by atoms with Crippen LogP contribution < -0.4 is 5.73 Å². The predicted molar refractivity (Wildman–Crippen MR) is 105 cm³/mol. The molecule has 1 aliphatic carbocycles. The van der Waals surface area contributed by atoms with Gasteiger partial charge in [0.05, 0.1) is 5.56 Å². The molecular formula is C19H26N6O2. The first-order valence-corrected chi connectivity index (χ1v) is 8.90. The Bertz CT molecular complexity index is 756. The number of nitrogens with zero attached hydrogens (tertiary/aromatic N) is 3. The van der Waals surface area contributed by atoms with E-state index in [0.717, 1.165) is 43.9 Å². The van der Waals surface area contributed by atoms with Crippen molar-refractivity contribution in [2.75, 3.05) is 18.8 Å². The van der Waals surface area contributed by atoms with Crippen LogP contribution in [0.2, 0.25) is 0 Å². The Balaban J connectivity index is 0.000000614. The molecule has 1 aliphatic heterocycles. The summed E-state index contributed by atoms with van der Waals surface area (Å²) in [5.41, 5.74) is 7.02. The van der Waals surface area contributed by atoms with Gasteiger partial charge in [0.2, 0.25) is 5.89 Å². The lowest BCUT2D eigenvalue weighted by Gasteiger charge is -2.31. The van der Waals surface area contributed by atoms with E-state index in [0.29, 0.717) is 23.7 Å². The number of nitrogens with two attached hydrogens (primary N) is 1. The lowest BCUT2D eigenvalue weighted by atomic mass is 9.96. The van der Waals surface area contributed by atoms with Crippen molar-refractivity contribution in [2.45, 2.75) is 37.5 Å². The van der Waals surface area contributed by atoms with Crippen LogP contribution in [0.25, 0.3) is 0 Å². The van der Waals surface area contributed by atoms with Crippen LogP contribution in [0.5, 0.6) is 0 Å². The number of para-hydroxylation sites is 1. The summed E-state index contributed by atoms with van der Waals surface area (Å²) in [6.45, 7) is 6.37. The molecule has 1 aromatic carbocycles. The van der Waals surface area contributed by atoms with E-state index in [1.165, 1.54) is 0 Å². The summed E-state index contributed by atoms with van der Waals surface area (Å²) in [7, 11) is 0. The number of aromatic nitrogens is 2. The standard InChI is InChI=1S/C17H20N4O2.2CH3N/c18-14-6-2-1-5-13(14)17(22)21-9-3-4-12(10-21)15-19-16(23-20-15)11-7-8-11;2*1-2/h1-2,5-6,11-12H,3-4,7-10,18H2;2*2H,1H2. The molecule has 8 heteroatoms. The number of rotatable bonds is 3. The third kappa shape index (κ3) is 4.78. The molecule has 27 heavy (non-hydrogen) atoms. The maximum absolute atomic E-state index is 12.7. The topological polar surface area (TPSA) is 133 Å². The summed E-state index contributed by atoms with van der Waals surface area (Å²) in [6, 6.07) is 7.21. The average Bonchev–Trinajstić information content (AvgIpc) is 3.47. The van der Waals surface area contributed by atoms with Gasteiger partial charge in [-0.15, -0.1) is 0 Å². The summed E-state index contributed by atoms with van der Waals surface area (Å²) >= 11 is 0. The predicted octanol–water partition coefficient (Wildman–Crippen LogP) is 3.08. The zero-order valence-electron chi connectivity index (χ0n) is 15.4. The van der Waals surface area contributed by atoms with E-state index in [9.17, 15) is 4.79 Å². The molecule has 1 saturated heterocycles. The van der Waals surface area contributed by atoms with Crippen LogP contribution in [0.3, 0.4) is 0 Å². The lowest BCUT2D eigenvalue weighted by Crippen LogP contribution is -2.39. The van der Waals surface area contributed by atoms with Crippen LogP contribution in [0.1, 0.15) is 59.6 Å². The van der Waals surface area contributed by atoms with Crippen LogP contribution in [-0.4, -0.2) is 47.5 Å². The number of likely N-dealkylation sites (tertiary alicyclic amines) is 1. The Labute approximate surface area is 158 Å². The number of carbonyl (C=O) groups excluding carboxylic acids is 1. The van der Waals surface area contributed by atoms with Crippen molar-refractivity contribution in [2.24, 2.45) is 0 Å². The van der Waals surface area contributed by atoms with Gasteiger partial charge in [-0.05, 0) is 51.3 Å². The highest BCUT2D eigenvalue weighted by Gasteiger charge is 2.33. The second-order valence-corrected chi connectivity index (χ2v) is 6.44. The molecule has 2 aromatic rings. The monoisotopic (exact) mass is 370 g/mol. The van der Waals surface area contributed by atoms with Crippen LogP contribution in [0, 0.1) is 10.8 Å². The van der Waals surface area contributed by atoms with Crippen molar-refractivity contribution < 1.29 is 9.32 Å². The SMILES string of the molecule is C=N.C=N.Nc1ccccc1C(=O)N1CCCC(c2noc(C3CC3)n2)C1. The van der Waals surface area contributed by atoms with Gasteiger partial charge in [-0.1, -0.05) is 17.3 Å². The minimum Gasteiger partial charge on any atom is -0.398 e. The number of carbonyl (C=O) groups is 1. The smallest absolute Gasteiger partial charge is 0.255 e. The highest BCUT2D eigenvalue weighted by atomic mass is 16.5. The van der Waals surface area contributed by atoms with E-state index in [2.05, 4.69) is 23.6 Å². The number of benzene rings is 1. The van der Waals surface area contributed by atoms with Crippen molar-refractivity contribution in [1.82, 2.24) is 15.0 Å². The van der Waals surface area contributed by atoms with Gasteiger partial charge in [0.25, 0.3) is 5.91 Å². The van der Waals surface area contributed by atoms with Gasteiger partial charge >= 0.3 is 0 Å². The van der Waals surface area contributed by atoms with Crippen molar-refractivity contribution in [3.63, 3.8) is 0 Å². The molecule has 1 atom stereocenters. The van der Waals surface area contributed by atoms with E-state index < -0.39 is 0 Å². The number of nitrogens with one attached hydrogen (secondary N) is 2. The van der Waals surface area contributed by atoms with Gasteiger partial charge in [0.1, 0.15) is 0 Å². The fourth-order valence-electron chi connectivity index (χ4n) is 3.14. The molecule has 1 unspecified atom stereocenters. The molecule has 0 radical (unpaired) electrons. The lowest BCUT2D eigenvalue weighted by molar-refractivity contribution is 0.0704. The van der Waals surface area contributed by atoms with Crippen molar-refractivity contribution in [3.05, 3.63) is 41.5 Å². The molecule has 0 spiro atoms. The van der Waals surface area contributed by atoms with E-state index in [1.807, 2.05) is 17.0 Å². The molecule has 1 amide bonds. The summed E-state index contributed by atoms with van der Waals surface area (Å²) in [4.78, 5) is 19.1. The zero-order chi connectivity index (χ0) is 19.8. The molecule has 2 aliphatic rings. The zero-order valence-corrected chi connectivity index (χ0v) is 15.4. The number of anilines is 1. The fourth-order valence-corrected chi connectivity index (χ4v) is 3.14. The molecule has 144 valence electrons. The quantitative estimate of drug-likeness (QED) is 0.564. The number of nitrogen functional groups attached to an aromatic ring is 1. The summed E-state index contributed by atoms with van der Waals surface area (Å²) in [5, 5.41) is 15.1. The van der Waals surface area contributed by atoms with Crippen molar-refractivity contribution in [3.8, 4) is 0 Å². The second-order valence-electron chi connectivity index (χ2n) is 6.44. The second kappa shape index (κ2) is 9.61. The molecule has 4 N–H and O–H groups in total. The fraction of sp³-hybridized carbons (Fsp3) is 0.421. The van der Waals surface area contributed by atoms with Gasteiger partial charge in [-0.25, -0.2) is 0 Å². The third-order valence-electron chi connectivity index (χ3n) is 4.65. The molecule has 1 aromatic heterocycles. The number of amides is 1. The molecule has 0 bridgehead atoms. The maximum Gasteiger partial charge on any atom is 0.255 e. The molecule has 2 fully saturated rings. The highest BCUT2D eigenvalue weighted by molar-refractivity contribution is 5.99. The first-order chi connectivity index (χ1) is 13.2. The van der Waals surface area contributed by atoms with E-state index in [-0.39, 0.29) is 11.8 Å². The molecule has 2 heterocycles. The van der Waals surface area contributed by atoms with Gasteiger partial charge < -0.3 is 26.0 Å². The largest absolute Gasteiger partial charge is 0.398 e. The van der Waals surface area contributed by atoms with E-state index in [4.69, 9.17) is 21.1 Å². The Kier molecular flexibility index (Phi) is 7.22. The van der Waals surface area contributed by atoms with Gasteiger partial charge in [0, 0.05) is 30.6 Å². The van der Waals surface area contributed by atoms with E-state index in [1.54, 1.807) is 12.1 Å². The van der Waals surface area contributed by atoms with Gasteiger partial charge in [-0.3, -0.25) is 4.79 Å². The Morgan fingerprint density at radius 2 is 1.85 bits per heavy atom. The normalized spacial score (nSPS) is 18.5. The van der Waals surface area contributed by atoms with Gasteiger partial charge in [-0.2, -0.15) is 4.98 Å². The Morgan fingerprint density at radius 3 is 2.52 bits per heavy atom. The summed E-state index contributed by atoms with van der Waals surface area (Å²) < 4.78 is 5.36. The van der Waals surface area contributed by atoms with Crippen molar-refractivity contribution in [1.29, 1.82) is 10.8 Å². The minimum atomic E-state index is -0.0151. The average molecular weight is 370 g/mol.